The van der Waals surface area contributed by atoms with E-state index in [-0.39, 0.29) is 5.91 Å². The average Bonchev–Trinajstić information content (AvgIpc) is 2.95. The number of halogens is 1. The van der Waals surface area contributed by atoms with Crippen LogP contribution >= 0.6 is 11.6 Å². The van der Waals surface area contributed by atoms with E-state index in [1.807, 2.05) is 11.8 Å². The van der Waals surface area contributed by atoms with Crippen molar-refractivity contribution in [2.75, 3.05) is 26.3 Å². The van der Waals surface area contributed by atoms with Gasteiger partial charge in [0, 0.05) is 18.7 Å². The van der Waals surface area contributed by atoms with Crippen molar-refractivity contribution >= 4 is 17.5 Å². The van der Waals surface area contributed by atoms with Gasteiger partial charge in [0.15, 0.2) is 11.5 Å². The third kappa shape index (κ3) is 4.54. The molecule has 0 saturated carbocycles. The Kier molecular flexibility index (Phi) is 6.58. The Balaban J connectivity index is 2.22. The quantitative estimate of drug-likeness (QED) is 0.691. The van der Waals surface area contributed by atoms with Gasteiger partial charge in [0.25, 0.3) is 5.91 Å². The molecule has 1 fully saturated rings. The zero-order chi connectivity index (χ0) is 16.8. The summed E-state index contributed by atoms with van der Waals surface area (Å²) in [5.74, 6) is 1.65. The number of amides is 1. The van der Waals surface area contributed by atoms with Gasteiger partial charge in [-0.2, -0.15) is 0 Å². The van der Waals surface area contributed by atoms with E-state index >= 15 is 0 Å². The molecule has 2 rings (SSSR count). The molecule has 1 heterocycles. The first-order valence-electron chi connectivity index (χ1n) is 8.45. The molecule has 1 aromatic carbocycles. The van der Waals surface area contributed by atoms with E-state index in [2.05, 4.69) is 13.8 Å². The normalized spacial score (nSPS) is 17.4. The summed E-state index contributed by atoms with van der Waals surface area (Å²) >= 11 is 6.35. The van der Waals surface area contributed by atoms with Gasteiger partial charge in [-0.15, -0.1) is 0 Å². The van der Waals surface area contributed by atoms with Crippen molar-refractivity contribution in [3.8, 4) is 11.5 Å². The molecule has 0 aliphatic carbocycles. The van der Waals surface area contributed by atoms with Crippen LogP contribution in [-0.2, 0) is 0 Å². The van der Waals surface area contributed by atoms with Gasteiger partial charge >= 0.3 is 0 Å². The Morgan fingerprint density at radius 2 is 2.13 bits per heavy atom. The summed E-state index contributed by atoms with van der Waals surface area (Å²) in [6, 6.07) is 3.44. The molecule has 0 N–H and O–H groups in total. The predicted molar refractivity (Wildman–Crippen MR) is 92.7 cm³/mol. The molecule has 0 aromatic heterocycles. The van der Waals surface area contributed by atoms with Crippen molar-refractivity contribution in [2.24, 2.45) is 5.92 Å². The maximum atomic E-state index is 12.6. The minimum atomic E-state index is 0.0114. The molecule has 5 heteroatoms. The molecule has 1 aliphatic rings. The van der Waals surface area contributed by atoms with E-state index in [1.54, 1.807) is 12.1 Å². The number of rotatable bonds is 7. The van der Waals surface area contributed by atoms with E-state index in [4.69, 9.17) is 21.1 Å². The lowest BCUT2D eigenvalue weighted by Crippen LogP contribution is -2.28. The highest BCUT2D eigenvalue weighted by Crippen LogP contribution is 2.37. The van der Waals surface area contributed by atoms with Crippen molar-refractivity contribution in [1.82, 2.24) is 4.90 Å². The van der Waals surface area contributed by atoms with Crippen LogP contribution in [0.3, 0.4) is 0 Å². The Hall–Kier alpha value is -1.42. The number of carbonyl (C=O) groups is 1. The summed E-state index contributed by atoms with van der Waals surface area (Å²) in [5.41, 5.74) is 0.565. The molecule has 1 aliphatic heterocycles. The summed E-state index contributed by atoms with van der Waals surface area (Å²) in [6.45, 7) is 8.86. The third-order valence-electron chi connectivity index (χ3n) is 4.01. The Bertz CT molecular complexity index is 547. The monoisotopic (exact) mass is 339 g/mol. The number of ether oxygens (including phenoxy) is 2. The minimum absolute atomic E-state index is 0.0114. The standard InChI is InChI=1S/C18H26ClNO3/c1-4-6-9-23-17-15(19)10-14(11-16(17)22-5-2)18(21)20-8-7-13(3)12-20/h10-11,13H,4-9,12H2,1-3H3. The Labute approximate surface area is 143 Å². The Morgan fingerprint density at radius 1 is 1.35 bits per heavy atom. The zero-order valence-electron chi connectivity index (χ0n) is 14.2. The predicted octanol–water partition coefficient (Wildman–Crippen LogP) is 4.40. The zero-order valence-corrected chi connectivity index (χ0v) is 15.0. The largest absolute Gasteiger partial charge is 0.490 e. The van der Waals surface area contributed by atoms with Crippen LogP contribution in [0.2, 0.25) is 5.02 Å². The number of hydrogen-bond acceptors (Lipinski definition) is 3. The van der Waals surface area contributed by atoms with Crippen LogP contribution in [-0.4, -0.2) is 37.1 Å². The molecule has 1 saturated heterocycles. The van der Waals surface area contributed by atoms with Crippen LogP contribution in [0.15, 0.2) is 12.1 Å². The van der Waals surface area contributed by atoms with Crippen molar-refractivity contribution < 1.29 is 14.3 Å². The van der Waals surface area contributed by atoms with E-state index in [0.717, 1.165) is 32.4 Å². The molecule has 1 aromatic rings. The summed E-state index contributed by atoms with van der Waals surface area (Å²) in [5, 5.41) is 0.433. The fraction of sp³-hybridized carbons (Fsp3) is 0.611. The molecule has 4 nitrogen and oxygen atoms in total. The average molecular weight is 340 g/mol. The van der Waals surface area contributed by atoms with Crippen molar-refractivity contribution in [1.29, 1.82) is 0 Å². The van der Waals surface area contributed by atoms with Gasteiger partial charge in [-0.05, 0) is 37.8 Å². The van der Waals surface area contributed by atoms with E-state index in [0.29, 0.717) is 41.2 Å². The molecule has 1 atom stereocenters. The van der Waals surface area contributed by atoms with Gasteiger partial charge in [-0.25, -0.2) is 0 Å². The van der Waals surface area contributed by atoms with E-state index < -0.39 is 0 Å². The molecule has 0 bridgehead atoms. The van der Waals surface area contributed by atoms with Crippen LogP contribution in [0.5, 0.6) is 11.5 Å². The maximum Gasteiger partial charge on any atom is 0.254 e. The van der Waals surface area contributed by atoms with Crippen LogP contribution in [0, 0.1) is 5.92 Å². The lowest BCUT2D eigenvalue weighted by Gasteiger charge is -2.19. The lowest BCUT2D eigenvalue weighted by molar-refractivity contribution is 0.0787. The molecule has 128 valence electrons. The second-order valence-corrected chi connectivity index (χ2v) is 6.47. The molecule has 1 amide bonds. The highest BCUT2D eigenvalue weighted by Gasteiger charge is 2.26. The molecule has 23 heavy (non-hydrogen) atoms. The van der Waals surface area contributed by atoms with Crippen LogP contribution in [0.25, 0.3) is 0 Å². The molecular formula is C18H26ClNO3. The first-order valence-corrected chi connectivity index (χ1v) is 8.83. The Morgan fingerprint density at radius 3 is 2.74 bits per heavy atom. The smallest absolute Gasteiger partial charge is 0.254 e. The summed E-state index contributed by atoms with van der Waals surface area (Å²) in [6.07, 6.45) is 3.05. The van der Waals surface area contributed by atoms with Crippen molar-refractivity contribution in [3.63, 3.8) is 0 Å². The van der Waals surface area contributed by atoms with Gasteiger partial charge in [-0.3, -0.25) is 4.79 Å². The number of unbranched alkanes of at least 4 members (excludes halogenated alkanes) is 1. The van der Waals surface area contributed by atoms with Gasteiger partial charge in [0.2, 0.25) is 0 Å². The second-order valence-electron chi connectivity index (χ2n) is 6.07. The summed E-state index contributed by atoms with van der Waals surface area (Å²) in [7, 11) is 0. The van der Waals surface area contributed by atoms with E-state index in [9.17, 15) is 4.79 Å². The summed E-state index contributed by atoms with van der Waals surface area (Å²) < 4.78 is 11.4. The highest BCUT2D eigenvalue weighted by molar-refractivity contribution is 6.32. The fourth-order valence-electron chi connectivity index (χ4n) is 2.72. The van der Waals surface area contributed by atoms with E-state index in [1.165, 1.54) is 0 Å². The lowest BCUT2D eigenvalue weighted by atomic mass is 10.1. The topological polar surface area (TPSA) is 38.8 Å². The minimum Gasteiger partial charge on any atom is -0.490 e. The van der Waals surface area contributed by atoms with Gasteiger partial charge in [0.1, 0.15) is 0 Å². The number of hydrogen-bond donors (Lipinski definition) is 0. The van der Waals surface area contributed by atoms with Crippen LogP contribution in [0.1, 0.15) is 50.4 Å². The highest BCUT2D eigenvalue weighted by atomic mass is 35.5. The third-order valence-corrected chi connectivity index (χ3v) is 4.29. The molecule has 0 spiro atoms. The second kappa shape index (κ2) is 8.44. The van der Waals surface area contributed by atoms with Gasteiger partial charge < -0.3 is 14.4 Å². The first-order chi connectivity index (χ1) is 11.1. The number of likely N-dealkylation sites (tertiary alicyclic amines) is 1. The number of benzene rings is 1. The summed E-state index contributed by atoms with van der Waals surface area (Å²) in [4.78, 5) is 14.5. The maximum absolute atomic E-state index is 12.6. The molecular weight excluding hydrogens is 314 g/mol. The molecule has 1 unspecified atom stereocenters. The van der Waals surface area contributed by atoms with Crippen molar-refractivity contribution in [3.05, 3.63) is 22.7 Å². The fourth-order valence-corrected chi connectivity index (χ4v) is 2.98. The van der Waals surface area contributed by atoms with Crippen LogP contribution in [0.4, 0.5) is 0 Å². The van der Waals surface area contributed by atoms with Crippen LogP contribution < -0.4 is 9.47 Å². The molecule has 0 radical (unpaired) electrons. The van der Waals surface area contributed by atoms with Crippen molar-refractivity contribution in [2.45, 2.75) is 40.0 Å². The number of nitrogens with zero attached hydrogens (tertiary/aromatic N) is 1. The van der Waals surface area contributed by atoms with Gasteiger partial charge in [-0.1, -0.05) is 31.9 Å². The SMILES string of the molecule is CCCCOc1c(Cl)cc(C(=O)N2CCC(C)C2)cc1OCC. The number of carbonyl (C=O) groups excluding carboxylic acids is 1. The first kappa shape index (κ1) is 17.9. The van der Waals surface area contributed by atoms with Gasteiger partial charge in [0.05, 0.1) is 18.2 Å².